The van der Waals surface area contributed by atoms with Gasteiger partial charge in [-0.1, -0.05) is 0 Å². The molecule has 1 saturated heterocycles. The number of carbonyl (C=O) groups is 1. The SMILES string of the molecule is CC(C#N)C(=O)N1CCC(OCCO)CC1. The number of nitriles is 1. The molecule has 0 aromatic carbocycles. The Morgan fingerprint density at radius 3 is 2.75 bits per heavy atom. The van der Waals surface area contributed by atoms with Crippen molar-refractivity contribution in [2.75, 3.05) is 26.3 Å². The maximum atomic E-state index is 11.7. The van der Waals surface area contributed by atoms with Gasteiger partial charge in [0.2, 0.25) is 5.91 Å². The van der Waals surface area contributed by atoms with Crippen molar-refractivity contribution in [2.24, 2.45) is 5.92 Å². The summed E-state index contributed by atoms with van der Waals surface area (Å²) >= 11 is 0. The Hall–Kier alpha value is -1.12. The largest absolute Gasteiger partial charge is 0.394 e. The lowest BCUT2D eigenvalue weighted by Gasteiger charge is -2.32. The molecule has 1 unspecified atom stereocenters. The lowest BCUT2D eigenvalue weighted by Crippen LogP contribution is -2.43. The Labute approximate surface area is 95.6 Å². The molecule has 1 aliphatic heterocycles. The number of carbonyl (C=O) groups excluding carboxylic acids is 1. The highest BCUT2D eigenvalue weighted by Gasteiger charge is 2.25. The van der Waals surface area contributed by atoms with Crippen molar-refractivity contribution >= 4 is 5.91 Å². The van der Waals surface area contributed by atoms with Crippen LogP contribution in [-0.2, 0) is 9.53 Å². The Bertz CT molecular complexity index is 267. The molecule has 5 nitrogen and oxygen atoms in total. The predicted molar refractivity (Wildman–Crippen MR) is 57.4 cm³/mol. The number of hydrogen-bond donors (Lipinski definition) is 1. The first-order valence-electron chi connectivity index (χ1n) is 5.60. The van der Waals surface area contributed by atoms with Crippen LogP contribution in [-0.4, -0.2) is 48.3 Å². The average molecular weight is 226 g/mol. The van der Waals surface area contributed by atoms with Gasteiger partial charge in [0.1, 0.15) is 5.92 Å². The first kappa shape index (κ1) is 12.9. The zero-order valence-electron chi connectivity index (χ0n) is 9.56. The molecule has 0 aliphatic carbocycles. The number of aliphatic hydroxyl groups is 1. The minimum atomic E-state index is -0.560. The van der Waals surface area contributed by atoms with Crippen LogP contribution in [0.4, 0.5) is 0 Å². The van der Waals surface area contributed by atoms with Crippen LogP contribution in [0, 0.1) is 17.2 Å². The number of hydrogen-bond acceptors (Lipinski definition) is 4. The first-order valence-corrected chi connectivity index (χ1v) is 5.60. The van der Waals surface area contributed by atoms with Crippen molar-refractivity contribution in [2.45, 2.75) is 25.9 Å². The van der Waals surface area contributed by atoms with Crippen LogP contribution in [0.25, 0.3) is 0 Å². The summed E-state index contributed by atoms with van der Waals surface area (Å²) in [7, 11) is 0. The van der Waals surface area contributed by atoms with Gasteiger partial charge >= 0.3 is 0 Å². The van der Waals surface area contributed by atoms with E-state index in [1.54, 1.807) is 11.8 Å². The molecule has 1 atom stereocenters. The second kappa shape index (κ2) is 6.46. The standard InChI is InChI=1S/C11H18N2O3/c1-9(8-12)11(15)13-4-2-10(3-5-13)16-7-6-14/h9-10,14H,2-7H2,1H3. The number of aliphatic hydroxyl groups excluding tert-OH is 1. The molecule has 1 fully saturated rings. The fourth-order valence-electron chi connectivity index (χ4n) is 1.79. The number of likely N-dealkylation sites (tertiary alicyclic amines) is 1. The first-order chi connectivity index (χ1) is 7.69. The van der Waals surface area contributed by atoms with E-state index in [2.05, 4.69) is 0 Å². The molecule has 0 bridgehead atoms. The van der Waals surface area contributed by atoms with E-state index in [9.17, 15) is 4.79 Å². The molecule has 90 valence electrons. The second-order valence-electron chi connectivity index (χ2n) is 3.97. The Balaban J connectivity index is 2.32. The van der Waals surface area contributed by atoms with E-state index in [4.69, 9.17) is 15.1 Å². The molecule has 5 heteroatoms. The van der Waals surface area contributed by atoms with Crippen LogP contribution in [0.5, 0.6) is 0 Å². The molecule has 0 spiro atoms. The van der Waals surface area contributed by atoms with Crippen molar-refractivity contribution < 1.29 is 14.6 Å². The number of rotatable bonds is 4. The van der Waals surface area contributed by atoms with Crippen LogP contribution in [0.15, 0.2) is 0 Å². The maximum absolute atomic E-state index is 11.7. The van der Waals surface area contributed by atoms with Crippen molar-refractivity contribution in [1.82, 2.24) is 4.90 Å². The normalized spacial score (nSPS) is 19.2. The molecule has 1 N–H and O–H groups in total. The molecular weight excluding hydrogens is 208 g/mol. The third kappa shape index (κ3) is 3.47. The van der Waals surface area contributed by atoms with Crippen molar-refractivity contribution in [3.05, 3.63) is 0 Å². The minimum Gasteiger partial charge on any atom is -0.394 e. The van der Waals surface area contributed by atoms with Gasteiger partial charge in [-0.2, -0.15) is 5.26 Å². The molecule has 1 heterocycles. The molecule has 1 amide bonds. The van der Waals surface area contributed by atoms with Gasteiger partial charge < -0.3 is 14.7 Å². The number of nitrogens with zero attached hydrogens (tertiary/aromatic N) is 2. The predicted octanol–water partition coefficient (Wildman–Crippen LogP) is 0.146. The van der Waals surface area contributed by atoms with E-state index in [0.29, 0.717) is 19.7 Å². The van der Waals surface area contributed by atoms with E-state index in [0.717, 1.165) is 12.8 Å². The third-order valence-corrected chi connectivity index (χ3v) is 2.76. The quantitative estimate of drug-likeness (QED) is 0.740. The van der Waals surface area contributed by atoms with Crippen molar-refractivity contribution in [3.63, 3.8) is 0 Å². The average Bonchev–Trinajstić information content (AvgIpc) is 2.35. The summed E-state index contributed by atoms with van der Waals surface area (Å²) in [5.74, 6) is -0.655. The van der Waals surface area contributed by atoms with E-state index in [1.165, 1.54) is 0 Å². The second-order valence-corrected chi connectivity index (χ2v) is 3.97. The number of amides is 1. The zero-order valence-corrected chi connectivity index (χ0v) is 9.56. The summed E-state index contributed by atoms with van der Waals surface area (Å²) in [5, 5.41) is 17.3. The Morgan fingerprint density at radius 1 is 1.62 bits per heavy atom. The molecule has 0 radical (unpaired) electrons. The summed E-state index contributed by atoms with van der Waals surface area (Å²) < 4.78 is 5.39. The van der Waals surface area contributed by atoms with Crippen molar-refractivity contribution in [1.29, 1.82) is 5.26 Å². The van der Waals surface area contributed by atoms with Crippen LogP contribution in [0.1, 0.15) is 19.8 Å². The van der Waals surface area contributed by atoms with Gasteiger partial charge in [-0.3, -0.25) is 4.79 Å². The van der Waals surface area contributed by atoms with E-state index in [-0.39, 0.29) is 18.6 Å². The topological polar surface area (TPSA) is 73.6 Å². The van der Waals surface area contributed by atoms with Gasteiger partial charge in [0.25, 0.3) is 0 Å². The highest BCUT2D eigenvalue weighted by Crippen LogP contribution is 2.15. The fourth-order valence-corrected chi connectivity index (χ4v) is 1.79. The highest BCUT2D eigenvalue weighted by atomic mass is 16.5. The maximum Gasteiger partial charge on any atom is 0.239 e. The lowest BCUT2D eigenvalue weighted by molar-refractivity contribution is -0.136. The van der Waals surface area contributed by atoms with Crippen LogP contribution >= 0.6 is 0 Å². The zero-order chi connectivity index (χ0) is 12.0. The van der Waals surface area contributed by atoms with Gasteiger partial charge in [-0.05, 0) is 19.8 Å². The van der Waals surface area contributed by atoms with Gasteiger partial charge in [0.05, 0.1) is 25.4 Å². The summed E-state index contributed by atoms with van der Waals surface area (Å²) in [6, 6.07) is 1.95. The molecule has 1 aliphatic rings. The van der Waals surface area contributed by atoms with Crippen LogP contribution in [0.2, 0.25) is 0 Å². The lowest BCUT2D eigenvalue weighted by atomic mass is 10.1. The van der Waals surface area contributed by atoms with E-state index >= 15 is 0 Å². The van der Waals surface area contributed by atoms with Crippen LogP contribution in [0.3, 0.4) is 0 Å². The van der Waals surface area contributed by atoms with Crippen molar-refractivity contribution in [3.8, 4) is 6.07 Å². The molecule has 0 aromatic rings. The highest BCUT2D eigenvalue weighted by molar-refractivity contribution is 5.80. The monoisotopic (exact) mass is 226 g/mol. The molecule has 0 saturated carbocycles. The summed E-state index contributed by atoms with van der Waals surface area (Å²) in [5.41, 5.74) is 0. The molecule has 0 aromatic heterocycles. The summed E-state index contributed by atoms with van der Waals surface area (Å²) in [6.07, 6.45) is 1.70. The Kier molecular flexibility index (Phi) is 5.23. The number of piperidine rings is 1. The minimum absolute atomic E-state index is 0.0324. The Morgan fingerprint density at radius 2 is 2.25 bits per heavy atom. The molecular formula is C11H18N2O3. The van der Waals surface area contributed by atoms with E-state index < -0.39 is 5.92 Å². The van der Waals surface area contributed by atoms with Gasteiger partial charge in [-0.15, -0.1) is 0 Å². The van der Waals surface area contributed by atoms with Gasteiger partial charge in [0, 0.05) is 13.1 Å². The van der Waals surface area contributed by atoms with Crippen LogP contribution < -0.4 is 0 Å². The fraction of sp³-hybridized carbons (Fsp3) is 0.818. The summed E-state index contributed by atoms with van der Waals surface area (Å²) in [4.78, 5) is 13.4. The van der Waals surface area contributed by atoms with E-state index in [1.807, 2.05) is 6.07 Å². The van der Waals surface area contributed by atoms with Gasteiger partial charge in [-0.25, -0.2) is 0 Å². The summed E-state index contributed by atoms with van der Waals surface area (Å²) in [6.45, 7) is 3.29. The third-order valence-electron chi connectivity index (χ3n) is 2.76. The van der Waals surface area contributed by atoms with Gasteiger partial charge in [0.15, 0.2) is 0 Å². The smallest absolute Gasteiger partial charge is 0.239 e. The number of ether oxygens (including phenoxy) is 1. The molecule has 16 heavy (non-hydrogen) atoms. The molecule has 1 rings (SSSR count).